The largest absolute Gasteiger partial charge is 0.369 e. The number of guanidine groups is 1. The third-order valence-corrected chi connectivity index (χ3v) is 4.29. The van der Waals surface area contributed by atoms with Crippen molar-refractivity contribution in [3.63, 3.8) is 0 Å². The number of nitrogens with zero attached hydrogens (tertiary/aromatic N) is 2. The molecule has 2 N–H and O–H groups in total. The van der Waals surface area contributed by atoms with E-state index >= 15 is 0 Å². The van der Waals surface area contributed by atoms with Gasteiger partial charge in [0.15, 0.2) is 5.96 Å². The van der Waals surface area contributed by atoms with Crippen LogP contribution < -0.4 is 5.73 Å². The maximum atomic E-state index is 5.93. The third-order valence-electron chi connectivity index (χ3n) is 4.29. The van der Waals surface area contributed by atoms with Gasteiger partial charge < -0.3 is 10.6 Å². The van der Waals surface area contributed by atoms with Gasteiger partial charge in [0, 0.05) is 19.2 Å². The van der Waals surface area contributed by atoms with Gasteiger partial charge in [-0.05, 0) is 35.6 Å². The van der Waals surface area contributed by atoms with E-state index < -0.39 is 0 Å². The standard InChI is InChI=1S/C21H23N3/c1-16-13-20(23-21(22)24(16)2)15-19-10-6-9-18(14-19)12-11-17-7-4-3-5-8-17/h3-10,13-14H,1,11-12,15H2,2H3,(H2,22,23). The highest BCUT2D eigenvalue weighted by molar-refractivity contribution is 5.82. The molecule has 0 aliphatic carbocycles. The second-order valence-corrected chi connectivity index (χ2v) is 6.14. The molecule has 1 aliphatic heterocycles. The Morgan fingerprint density at radius 2 is 1.62 bits per heavy atom. The van der Waals surface area contributed by atoms with Gasteiger partial charge in [-0.2, -0.15) is 0 Å². The summed E-state index contributed by atoms with van der Waals surface area (Å²) in [5.74, 6) is 0.498. The van der Waals surface area contributed by atoms with Crippen LogP contribution in [0.5, 0.6) is 0 Å². The lowest BCUT2D eigenvalue weighted by Crippen LogP contribution is -2.34. The Balaban J connectivity index is 1.67. The number of likely N-dealkylation sites (N-methyl/N-ethyl adjacent to an activating group) is 1. The Kier molecular flexibility index (Phi) is 4.80. The van der Waals surface area contributed by atoms with Gasteiger partial charge in [-0.25, -0.2) is 4.99 Å². The Labute approximate surface area is 143 Å². The van der Waals surface area contributed by atoms with E-state index in [1.54, 1.807) is 4.90 Å². The van der Waals surface area contributed by atoms with Crippen LogP contribution in [0.25, 0.3) is 0 Å². The van der Waals surface area contributed by atoms with E-state index in [2.05, 4.69) is 66.2 Å². The van der Waals surface area contributed by atoms with Crippen LogP contribution in [0.2, 0.25) is 0 Å². The highest BCUT2D eigenvalue weighted by Crippen LogP contribution is 2.18. The van der Waals surface area contributed by atoms with Crippen LogP contribution in [-0.4, -0.2) is 17.9 Å². The smallest absolute Gasteiger partial charge is 0.200 e. The Morgan fingerprint density at radius 1 is 0.958 bits per heavy atom. The first kappa shape index (κ1) is 16.1. The molecule has 24 heavy (non-hydrogen) atoms. The highest BCUT2D eigenvalue weighted by Gasteiger charge is 2.12. The SMILES string of the molecule is C=C1C=C(Cc2cccc(CCc3ccccc3)c2)N=C(N)N1C. The summed E-state index contributed by atoms with van der Waals surface area (Å²) < 4.78 is 0. The molecule has 0 bridgehead atoms. The van der Waals surface area contributed by atoms with Crippen molar-refractivity contribution in [1.29, 1.82) is 0 Å². The molecule has 0 amide bonds. The predicted molar refractivity (Wildman–Crippen MR) is 101 cm³/mol. The van der Waals surface area contributed by atoms with E-state index in [0.29, 0.717) is 5.96 Å². The Hall–Kier alpha value is -2.81. The van der Waals surface area contributed by atoms with Crippen LogP contribution in [0.4, 0.5) is 0 Å². The maximum Gasteiger partial charge on any atom is 0.200 e. The number of aliphatic imine (C=N–C) groups is 1. The second kappa shape index (κ2) is 7.18. The lowest BCUT2D eigenvalue weighted by molar-refractivity contribution is 0.627. The van der Waals surface area contributed by atoms with Gasteiger partial charge in [0.1, 0.15) is 0 Å². The van der Waals surface area contributed by atoms with E-state index in [0.717, 1.165) is 30.7 Å². The number of nitrogens with two attached hydrogens (primary N) is 1. The van der Waals surface area contributed by atoms with E-state index in [4.69, 9.17) is 5.73 Å². The van der Waals surface area contributed by atoms with E-state index in [-0.39, 0.29) is 0 Å². The van der Waals surface area contributed by atoms with Gasteiger partial charge in [0.25, 0.3) is 0 Å². The molecule has 0 radical (unpaired) electrons. The van der Waals surface area contributed by atoms with Crippen molar-refractivity contribution in [2.24, 2.45) is 10.7 Å². The molecule has 2 aromatic rings. The molecule has 0 fully saturated rings. The zero-order chi connectivity index (χ0) is 16.9. The topological polar surface area (TPSA) is 41.6 Å². The number of aryl methyl sites for hydroxylation is 2. The first-order valence-corrected chi connectivity index (χ1v) is 8.21. The highest BCUT2D eigenvalue weighted by atomic mass is 15.2. The predicted octanol–water partition coefficient (Wildman–Crippen LogP) is 3.67. The van der Waals surface area contributed by atoms with Crippen LogP contribution in [0.15, 0.2) is 83.6 Å². The van der Waals surface area contributed by atoms with Gasteiger partial charge in [-0.15, -0.1) is 0 Å². The monoisotopic (exact) mass is 317 g/mol. The zero-order valence-electron chi connectivity index (χ0n) is 14.1. The molecule has 1 aliphatic rings. The summed E-state index contributed by atoms with van der Waals surface area (Å²) in [4.78, 5) is 6.24. The molecule has 0 aromatic heterocycles. The molecular weight excluding hydrogens is 294 g/mol. The number of hydrogen-bond donors (Lipinski definition) is 1. The summed E-state index contributed by atoms with van der Waals surface area (Å²) in [7, 11) is 1.87. The summed E-state index contributed by atoms with van der Waals surface area (Å²) in [5, 5.41) is 0. The molecule has 0 unspecified atom stereocenters. The molecule has 0 atom stereocenters. The van der Waals surface area contributed by atoms with Crippen LogP contribution in [-0.2, 0) is 19.3 Å². The molecule has 0 saturated carbocycles. The van der Waals surface area contributed by atoms with Crippen molar-refractivity contribution >= 4 is 5.96 Å². The Morgan fingerprint density at radius 3 is 2.38 bits per heavy atom. The average Bonchev–Trinajstić information content (AvgIpc) is 2.59. The van der Waals surface area contributed by atoms with Gasteiger partial charge in [-0.1, -0.05) is 61.2 Å². The molecule has 122 valence electrons. The molecule has 3 nitrogen and oxygen atoms in total. The van der Waals surface area contributed by atoms with Crippen molar-refractivity contribution in [2.45, 2.75) is 19.3 Å². The van der Waals surface area contributed by atoms with Crippen LogP contribution in [0.1, 0.15) is 16.7 Å². The van der Waals surface area contributed by atoms with Crippen molar-refractivity contribution < 1.29 is 0 Å². The number of benzene rings is 2. The summed E-state index contributed by atoms with van der Waals surface area (Å²) >= 11 is 0. The summed E-state index contributed by atoms with van der Waals surface area (Å²) in [6.45, 7) is 4.01. The lowest BCUT2D eigenvalue weighted by atomic mass is 10.0. The average molecular weight is 317 g/mol. The molecule has 3 rings (SSSR count). The van der Waals surface area contributed by atoms with Crippen molar-refractivity contribution in [3.05, 3.63) is 95.3 Å². The minimum atomic E-state index is 0.498. The van der Waals surface area contributed by atoms with E-state index in [9.17, 15) is 0 Å². The number of rotatable bonds is 5. The van der Waals surface area contributed by atoms with Gasteiger partial charge in [-0.3, -0.25) is 0 Å². The molecule has 1 heterocycles. The third kappa shape index (κ3) is 3.93. The minimum absolute atomic E-state index is 0.498. The minimum Gasteiger partial charge on any atom is -0.369 e. The molecular formula is C21H23N3. The quantitative estimate of drug-likeness (QED) is 0.914. The van der Waals surface area contributed by atoms with Crippen LogP contribution in [0, 0.1) is 0 Å². The fourth-order valence-corrected chi connectivity index (χ4v) is 2.82. The van der Waals surface area contributed by atoms with Crippen molar-refractivity contribution in [3.8, 4) is 0 Å². The number of allylic oxidation sites excluding steroid dienone is 2. The van der Waals surface area contributed by atoms with Crippen LogP contribution >= 0.6 is 0 Å². The second-order valence-electron chi connectivity index (χ2n) is 6.14. The molecule has 2 aromatic carbocycles. The zero-order valence-corrected chi connectivity index (χ0v) is 14.1. The summed E-state index contributed by atoms with van der Waals surface area (Å²) in [5.41, 5.74) is 11.7. The van der Waals surface area contributed by atoms with E-state index in [1.165, 1.54) is 16.7 Å². The first-order valence-electron chi connectivity index (χ1n) is 8.21. The Bertz CT molecular complexity index is 788. The molecule has 0 spiro atoms. The normalized spacial score (nSPS) is 14.4. The van der Waals surface area contributed by atoms with E-state index in [1.807, 2.05) is 13.1 Å². The van der Waals surface area contributed by atoms with Gasteiger partial charge in [0.2, 0.25) is 0 Å². The summed E-state index contributed by atoms with van der Waals surface area (Å²) in [6, 6.07) is 19.3. The van der Waals surface area contributed by atoms with Crippen molar-refractivity contribution in [2.75, 3.05) is 7.05 Å². The summed E-state index contributed by atoms with van der Waals surface area (Å²) in [6.07, 6.45) is 4.86. The first-order chi connectivity index (χ1) is 11.6. The van der Waals surface area contributed by atoms with Gasteiger partial charge in [0.05, 0.1) is 5.70 Å². The maximum absolute atomic E-state index is 5.93. The number of hydrogen-bond acceptors (Lipinski definition) is 3. The van der Waals surface area contributed by atoms with Crippen molar-refractivity contribution in [1.82, 2.24) is 4.90 Å². The van der Waals surface area contributed by atoms with Crippen LogP contribution in [0.3, 0.4) is 0 Å². The fraction of sp³-hybridized carbons (Fsp3) is 0.190. The fourth-order valence-electron chi connectivity index (χ4n) is 2.82. The van der Waals surface area contributed by atoms with Gasteiger partial charge >= 0.3 is 0 Å². The molecule has 3 heteroatoms. The lowest BCUT2D eigenvalue weighted by Gasteiger charge is -2.23. The molecule has 0 saturated heterocycles.